The van der Waals surface area contributed by atoms with Crippen molar-refractivity contribution in [3.63, 3.8) is 0 Å². The predicted octanol–water partition coefficient (Wildman–Crippen LogP) is 0.490. The molecule has 0 aromatic carbocycles. The van der Waals surface area contributed by atoms with E-state index in [1.54, 1.807) is 28.9 Å². The molecular weight excluding hydrogens is 437 g/mol. The van der Waals surface area contributed by atoms with Crippen molar-refractivity contribution in [1.82, 2.24) is 29.9 Å². The highest BCUT2D eigenvalue weighted by atomic mass is 32.1. The van der Waals surface area contributed by atoms with Gasteiger partial charge in [0, 0.05) is 17.8 Å². The van der Waals surface area contributed by atoms with Crippen LogP contribution in [0.3, 0.4) is 0 Å². The Morgan fingerprint density at radius 2 is 2.25 bits per heavy atom. The zero-order chi connectivity index (χ0) is 22.2. The summed E-state index contributed by atoms with van der Waals surface area (Å²) < 4.78 is 14.0. The molecule has 4 aromatic heterocycles. The van der Waals surface area contributed by atoms with Crippen LogP contribution >= 0.6 is 11.3 Å². The lowest BCUT2D eigenvalue weighted by Gasteiger charge is -2.01. The van der Waals surface area contributed by atoms with Crippen LogP contribution in [0.15, 0.2) is 34.2 Å². The zero-order valence-corrected chi connectivity index (χ0v) is 17.4. The Kier molecular flexibility index (Phi) is 5.05. The maximum Gasteiger partial charge on any atom is 0.326 e. The standard InChI is InChI=1S/C20H18FN7O3S/c21-5-6-22-19(30)15-4-3-14(32-15)12-8-16(24-11-1-2-11)28-17(25-12)10(9-23-28)7-13-18(29)27-20(31)26-13/h3-4,7-9,11,29H,1-2,5-6H2,(H,22,30)(H2,26,27,31). The lowest BCUT2D eigenvalue weighted by Crippen LogP contribution is -2.24. The van der Waals surface area contributed by atoms with E-state index >= 15 is 0 Å². The van der Waals surface area contributed by atoms with E-state index in [0.29, 0.717) is 26.9 Å². The summed E-state index contributed by atoms with van der Waals surface area (Å²) in [7, 11) is 0. The number of hydrogen-bond donors (Lipinski definition) is 4. The number of carbonyl (C=O) groups is 1. The largest absolute Gasteiger partial charge is 0.493 e. The predicted molar refractivity (Wildman–Crippen MR) is 115 cm³/mol. The minimum absolute atomic E-state index is 0.0379. The minimum Gasteiger partial charge on any atom is -0.493 e. The quantitative estimate of drug-likeness (QED) is 0.335. The van der Waals surface area contributed by atoms with Gasteiger partial charge < -0.3 is 15.4 Å². The van der Waals surface area contributed by atoms with Crippen LogP contribution in [0.2, 0.25) is 0 Å². The van der Waals surface area contributed by atoms with Crippen LogP contribution in [-0.2, 0) is 0 Å². The van der Waals surface area contributed by atoms with Crippen molar-refractivity contribution in [3.8, 4) is 16.5 Å². The van der Waals surface area contributed by atoms with Crippen molar-refractivity contribution < 1.29 is 14.3 Å². The smallest absolute Gasteiger partial charge is 0.326 e. The van der Waals surface area contributed by atoms with Gasteiger partial charge in [-0.25, -0.2) is 14.2 Å². The van der Waals surface area contributed by atoms with E-state index in [4.69, 9.17) is 9.98 Å². The van der Waals surface area contributed by atoms with Gasteiger partial charge in [-0.2, -0.15) is 9.61 Å². The summed E-state index contributed by atoms with van der Waals surface area (Å²) in [5.41, 5.74) is 1.39. The van der Waals surface area contributed by atoms with E-state index in [1.807, 2.05) is 6.07 Å². The molecule has 1 aliphatic carbocycles. The van der Waals surface area contributed by atoms with E-state index in [0.717, 1.165) is 17.7 Å². The highest BCUT2D eigenvalue weighted by molar-refractivity contribution is 7.17. The van der Waals surface area contributed by atoms with E-state index < -0.39 is 12.4 Å². The first kappa shape index (κ1) is 20.1. The van der Waals surface area contributed by atoms with Crippen molar-refractivity contribution in [2.75, 3.05) is 13.2 Å². The lowest BCUT2D eigenvalue weighted by atomic mass is 10.3. The Labute approximate surface area is 183 Å². The van der Waals surface area contributed by atoms with E-state index in [9.17, 15) is 19.1 Å². The molecule has 164 valence electrons. The molecule has 0 radical (unpaired) electrons. The van der Waals surface area contributed by atoms with Crippen molar-refractivity contribution in [2.45, 2.75) is 18.9 Å². The summed E-state index contributed by atoms with van der Waals surface area (Å²) in [5.74, 6) is -0.622. The summed E-state index contributed by atoms with van der Waals surface area (Å²) in [6.07, 6.45) is 5.16. The molecule has 4 aromatic rings. The van der Waals surface area contributed by atoms with Crippen LogP contribution < -0.4 is 21.7 Å². The summed E-state index contributed by atoms with van der Waals surface area (Å²) in [4.78, 5) is 39.0. The number of nitrogens with zero attached hydrogens (tertiary/aromatic N) is 4. The van der Waals surface area contributed by atoms with Gasteiger partial charge in [0.15, 0.2) is 11.1 Å². The van der Waals surface area contributed by atoms with Crippen LogP contribution in [0.4, 0.5) is 4.39 Å². The molecule has 4 N–H and O–H groups in total. The second-order valence-electron chi connectivity index (χ2n) is 7.29. The maximum absolute atomic E-state index is 12.4. The Bertz CT molecular complexity index is 1500. The number of imidazole rings is 1. The fourth-order valence-corrected chi connectivity index (χ4v) is 4.05. The van der Waals surface area contributed by atoms with Crippen LogP contribution in [0, 0.1) is 0 Å². The van der Waals surface area contributed by atoms with Gasteiger partial charge in [-0.05, 0) is 31.1 Å². The highest BCUT2D eigenvalue weighted by Gasteiger charge is 2.21. The summed E-state index contributed by atoms with van der Waals surface area (Å²) in [6.45, 7) is -0.666. The van der Waals surface area contributed by atoms with Gasteiger partial charge in [-0.1, -0.05) is 0 Å². The molecule has 0 saturated heterocycles. The topological polar surface area (TPSA) is 141 Å². The SMILES string of the molecule is O=C(NCCF)c1ccc(-c2cc(=NC3CC3)n3ncc(=Cc4[nH]c(=O)[nH]c4O)c3n2)s1. The number of hydrogen-bond acceptors (Lipinski definition) is 7. The number of H-pyrrole nitrogens is 2. The van der Waals surface area contributed by atoms with Gasteiger partial charge >= 0.3 is 5.69 Å². The number of rotatable bonds is 6. The molecule has 0 aliphatic heterocycles. The van der Waals surface area contributed by atoms with Gasteiger partial charge in [-0.15, -0.1) is 11.3 Å². The molecule has 0 atom stereocenters. The van der Waals surface area contributed by atoms with E-state index in [-0.39, 0.29) is 30.1 Å². The number of aromatic amines is 2. The molecule has 0 spiro atoms. The third-order valence-corrected chi connectivity index (χ3v) is 5.95. The molecule has 1 saturated carbocycles. The monoisotopic (exact) mass is 455 g/mol. The number of alkyl halides is 1. The minimum atomic E-state index is -0.628. The van der Waals surface area contributed by atoms with E-state index in [2.05, 4.69) is 20.4 Å². The number of carbonyl (C=O) groups excluding carboxylic acids is 1. The Morgan fingerprint density at radius 1 is 1.41 bits per heavy atom. The Morgan fingerprint density at radius 3 is 2.97 bits per heavy atom. The average molecular weight is 455 g/mol. The second kappa shape index (κ2) is 8.04. The number of thiophene rings is 1. The maximum atomic E-state index is 12.4. The summed E-state index contributed by atoms with van der Waals surface area (Å²) >= 11 is 1.24. The van der Waals surface area contributed by atoms with Crippen LogP contribution in [0.5, 0.6) is 5.88 Å². The average Bonchev–Trinajstić information content (AvgIpc) is 3.16. The molecule has 10 nitrogen and oxygen atoms in total. The van der Waals surface area contributed by atoms with Crippen LogP contribution in [-0.4, -0.2) is 54.8 Å². The van der Waals surface area contributed by atoms with Gasteiger partial charge in [0.2, 0.25) is 5.88 Å². The number of aromatic hydroxyl groups is 1. The molecular formula is C20H18FN7O3S. The van der Waals surface area contributed by atoms with Crippen LogP contribution in [0.25, 0.3) is 22.3 Å². The molecule has 5 rings (SSSR count). The van der Waals surface area contributed by atoms with Crippen molar-refractivity contribution in [1.29, 1.82) is 0 Å². The van der Waals surface area contributed by atoms with E-state index in [1.165, 1.54) is 11.3 Å². The molecule has 0 bridgehead atoms. The fourth-order valence-electron chi connectivity index (χ4n) is 3.17. The molecule has 0 unspecified atom stereocenters. The fraction of sp³-hybridized carbons (Fsp3) is 0.250. The Hall–Kier alpha value is -3.80. The number of amides is 1. The third-order valence-electron chi connectivity index (χ3n) is 4.84. The summed E-state index contributed by atoms with van der Waals surface area (Å²) in [5, 5.41) is 17.4. The molecule has 1 aliphatic rings. The molecule has 4 heterocycles. The first-order valence-corrected chi connectivity index (χ1v) is 10.7. The number of nitrogens with one attached hydrogen (secondary N) is 3. The summed E-state index contributed by atoms with van der Waals surface area (Å²) in [6, 6.07) is 5.50. The molecule has 1 fully saturated rings. The van der Waals surface area contributed by atoms with Crippen molar-refractivity contribution in [2.24, 2.45) is 4.99 Å². The van der Waals surface area contributed by atoms with Crippen molar-refractivity contribution >= 4 is 29.0 Å². The number of fused-ring (bicyclic) bond motifs is 1. The zero-order valence-electron chi connectivity index (χ0n) is 16.6. The first-order valence-electron chi connectivity index (χ1n) is 9.92. The first-order chi connectivity index (χ1) is 15.5. The lowest BCUT2D eigenvalue weighted by molar-refractivity contribution is 0.0955. The van der Waals surface area contributed by atoms with Gasteiger partial charge in [0.05, 0.1) is 27.7 Å². The molecule has 32 heavy (non-hydrogen) atoms. The van der Waals surface area contributed by atoms with Gasteiger partial charge in [0.1, 0.15) is 12.4 Å². The van der Waals surface area contributed by atoms with Gasteiger partial charge in [0.25, 0.3) is 5.91 Å². The number of halogens is 1. The Balaban J connectivity index is 1.64. The highest BCUT2D eigenvalue weighted by Crippen LogP contribution is 2.27. The molecule has 12 heteroatoms. The van der Waals surface area contributed by atoms with Gasteiger partial charge in [-0.3, -0.25) is 14.8 Å². The second-order valence-corrected chi connectivity index (χ2v) is 8.37. The van der Waals surface area contributed by atoms with Crippen LogP contribution in [0.1, 0.15) is 28.2 Å². The third kappa shape index (κ3) is 3.91. The molecule has 1 amide bonds. The van der Waals surface area contributed by atoms with Crippen molar-refractivity contribution in [3.05, 3.63) is 56.2 Å². The number of aromatic nitrogens is 5. The normalized spacial score (nSPS) is 15.0.